The maximum absolute atomic E-state index is 10.8. The average Bonchev–Trinajstić information content (AvgIpc) is 2.55. The summed E-state index contributed by atoms with van der Waals surface area (Å²) in [5.74, 6) is -0.805. The number of nitrogens with zero attached hydrogens (tertiary/aromatic N) is 2. The Kier molecular flexibility index (Phi) is 5.45. The second kappa shape index (κ2) is 7.75. The molecule has 0 saturated carbocycles. The Labute approximate surface area is 142 Å². The molecule has 1 aliphatic rings. The Hall–Kier alpha value is -1.95. The van der Waals surface area contributed by atoms with Gasteiger partial charge in [0.05, 0.1) is 19.3 Å². The minimum Gasteiger partial charge on any atom is -0.480 e. The van der Waals surface area contributed by atoms with Gasteiger partial charge in [-0.05, 0) is 23.4 Å². The van der Waals surface area contributed by atoms with Crippen molar-refractivity contribution in [2.24, 2.45) is 0 Å². The van der Waals surface area contributed by atoms with Crippen LogP contribution >= 0.6 is 0 Å². The number of ether oxygens (including phenoxy) is 1. The van der Waals surface area contributed by atoms with Crippen molar-refractivity contribution in [3.63, 3.8) is 0 Å². The summed E-state index contributed by atoms with van der Waals surface area (Å²) in [5.41, 5.74) is 1.33. The molecule has 0 bridgehead atoms. The highest BCUT2D eigenvalue weighted by atomic mass is 16.5. The summed E-state index contributed by atoms with van der Waals surface area (Å²) in [6.07, 6.45) is 0.0538. The number of fused-ring (bicyclic) bond motifs is 1. The smallest absolute Gasteiger partial charge is 0.317 e. The Balaban J connectivity index is 1.63. The van der Waals surface area contributed by atoms with E-state index in [4.69, 9.17) is 9.84 Å². The molecule has 0 aromatic heterocycles. The van der Waals surface area contributed by atoms with Crippen molar-refractivity contribution in [2.45, 2.75) is 12.6 Å². The molecule has 1 fully saturated rings. The summed E-state index contributed by atoms with van der Waals surface area (Å²) >= 11 is 0. The van der Waals surface area contributed by atoms with Crippen LogP contribution in [0, 0.1) is 0 Å². The molecule has 5 nitrogen and oxygen atoms in total. The molecule has 1 N–H and O–H groups in total. The minimum absolute atomic E-state index is 0.0448. The molecule has 2 aromatic carbocycles. The summed E-state index contributed by atoms with van der Waals surface area (Å²) in [5, 5.41) is 11.4. The predicted molar refractivity (Wildman–Crippen MR) is 94.1 cm³/mol. The van der Waals surface area contributed by atoms with Gasteiger partial charge in [-0.15, -0.1) is 0 Å². The number of benzene rings is 2. The number of morpholine rings is 1. The number of carbonyl (C=O) groups is 1. The van der Waals surface area contributed by atoms with Crippen LogP contribution in [-0.2, 0) is 16.1 Å². The number of rotatable bonds is 6. The summed E-state index contributed by atoms with van der Waals surface area (Å²) in [7, 11) is 1.82. The van der Waals surface area contributed by atoms with E-state index in [1.165, 1.54) is 16.3 Å². The molecule has 2 aromatic rings. The number of carboxylic acid groups (broad SMARTS) is 1. The quantitative estimate of drug-likeness (QED) is 0.880. The number of likely N-dealkylation sites (N-methyl/N-ethyl adjacent to an activating group) is 1. The van der Waals surface area contributed by atoms with Crippen LogP contribution in [0.3, 0.4) is 0 Å². The molecule has 24 heavy (non-hydrogen) atoms. The lowest BCUT2D eigenvalue weighted by Crippen LogP contribution is -2.47. The Bertz CT molecular complexity index is 699. The molecule has 1 unspecified atom stereocenters. The van der Waals surface area contributed by atoms with E-state index in [0.29, 0.717) is 13.2 Å². The van der Waals surface area contributed by atoms with Crippen LogP contribution in [0.4, 0.5) is 0 Å². The topological polar surface area (TPSA) is 53.0 Å². The van der Waals surface area contributed by atoms with Crippen molar-refractivity contribution in [3.05, 3.63) is 48.0 Å². The van der Waals surface area contributed by atoms with Crippen molar-refractivity contribution >= 4 is 16.7 Å². The Morgan fingerprint density at radius 2 is 2.08 bits per heavy atom. The SMILES string of the molecule is CN(CC(=O)O)CC1CN(Cc2cccc3ccccc23)CCO1. The average molecular weight is 328 g/mol. The molecule has 0 spiro atoms. The third-order valence-electron chi connectivity index (χ3n) is 4.42. The van der Waals surface area contributed by atoms with Gasteiger partial charge in [0.15, 0.2) is 0 Å². The van der Waals surface area contributed by atoms with Crippen LogP contribution in [0.1, 0.15) is 5.56 Å². The van der Waals surface area contributed by atoms with Crippen LogP contribution < -0.4 is 0 Å². The highest BCUT2D eigenvalue weighted by Crippen LogP contribution is 2.21. The summed E-state index contributed by atoms with van der Waals surface area (Å²) in [4.78, 5) is 15.0. The predicted octanol–water partition coefficient (Wildman–Crippen LogP) is 2.06. The lowest BCUT2D eigenvalue weighted by atomic mass is 10.0. The molecular formula is C19H24N2O3. The molecule has 3 rings (SSSR count). The Morgan fingerprint density at radius 1 is 1.29 bits per heavy atom. The number of hydrogen-bond acceptors (Lipinski definition) is 4. The van der Waals surface area contributed by atoms with Crippen molar-refractivity contribution in [2.75, 3.05) is 39.8 Å². The Morgan fingerprint density at radius 3 is 2.92 bits per heavy atom. The molecule has 0 radical (unpaired) electrons. The first-order chi connectivity index (χ1) is 11.6. The van der Waals surface area contributed by atoms with Crippen LogP contribution in [-0.4, -0.2) is 66.8 Å². The molecular weight excluding hydrogens is 304 g/mol. The first-order valence-corrected chi connectivity index (χ1v) is 8.33. The zero-order valence-corrected chi connectivity index (χ0v) is 14.0. The molecule has 1 aliphatic heterocycles. The number of aliphatic carboxylic acids is 1. The van der Waals surface area contributed by atoms with Crippen LogP contribution in [0.25, 0.3) is 10.8 Å². The van der Waals surface area contributed by atoms with Crippen molar-refractivity contribution < 1.29 is 14.6 Å². The van der Waals surface area contributed by atoms with Gasteiger partial charge in [-0.3, -0.25) is 14.6 Å². The van der Waals surface area contributed by atoms with Gasteiger partial charge in [0, 0.05) is 26.2 Å². The van der Waals surface area contributed by atoms with E-state index >= 15 is 0 Å². The minimum atomic E-state index is -0.805. The number of hydrogen-bond donors (Lipinski definition) is 1. The van der Waals surface area contributed by atoms with Gasteiger partial charge in [-0.2, -0.15) is 0 Å². The third-order valence-corrected chi connectivity index (χ3v) is 4.42. The fourth-order valence-corrected chi connectivity index (χ4v) is 3.35. The lowest BCUT2D eigenvalue weighted by molar-refractivity contribution is -0.138. The standard InChI is InChI=1S/C19H24N2O3/c1-20(14-19(22)23)12-17-13-21(9-10-24-17)11-16-7-4-6-15-5-2-3-8-18(15)16/h2-8,17H,9-14H2,1H3,(H,22,23). The third kappa shape index (κ3) is 4.32. The largest absolute Gasteiger partial charge is 0.480 e. The monoisotopic (exact) mass is 328 g/mol. The van der Waals surface area contributed by atoms with Gasteiger partial charge in [0.2, 0.25) is 0 Å². The molecule has 1 heterocycles. The highest BCUT2D eigenvalue weighted by molar-refractivity contribution is 5.85. The van der Waals surface area contributed by atoms with E-state index in [-0.39, 0.29) is 12.6 Å². The van der Waals surface area contributed by atoms with E-state index in [1.54, 1.807) is 4.90 Å². The normalized spacial score (nSPS) is 19.0. The maximum Gasteiger partial charge on any atom is 0.317 e. The molecule has 5 heteroatoms. The van der Waals surface area contributed by atoms with Crippen LogP contribution in [0.5, 0.6) is 0 Å². The van der Waals surface area contributed by atoms with Gasteiger partial charge in [-0.1, -0.05) is 42.5 Å². The number of carboxylic acids is 1. The van der Waals surface area contributed by atoms with Crippen molar-refractivity contribution in [1.29, 1.82) is 0 Å². The van der Waals surface area contributed by atoms with Gasteiger partial charge in [0.1, 0.15) is 0 Å². The highest BCUT2D eigenvalue weighted by Gasteiger charge is 2.22. The summed E-state index contributed by atoms with van der Waals surface area (Å²) < 4.78 is 5.81. The first kappa shape index (κ1) is 16.9. The second-order valence-electron chi connectivity index (χ2n) is 6.46. The fraction of sp³-hybridized carbons (Fsp3) is 0.421. The zero-order chi connectivity index (χ0) is 16.9. The van der Waals surface area contributed by atoms with E-state index in [9.17, 15) is 4.79 Å². The molecule has 0 amide bonds. The summed E-state index contributed by atoms with van der Waals surface area (Å²) in [6.45, 7) is 4.00. The van der Waals surface area contributed by atoms with Gasteiger partial charge >= 0.3 is 5.97 Å². The van der Waals surface area contributed by atoms with Gasteiger partial charge < -0.3 is 9.84 Å². The van der Waals surface area contributed by atoms with Crippen molar-refractivity contribution in [1.82, 2.24) is 9.80 Å². The molecule has 1 atom stereocenters. The molecule has 0 aliphatic carbocycles. The van der Waals surface area contributed by atoms with Gasteiger partial charge in [0.25, 0.3) is 0 Å². The van der Waals surface area contributed by atoms with Crippen molar-refractivity contribution in [3.8, 4) is 0 Å². The van der Waals surface area contributed by atoms with Crippen LogP contribution in [0.15, 0.2) is 42.5 Å². The van der Waals surface area contributed by atoms with Crippen LogP contribution in [0.2, 0.25) is 0 Å². The molecule has 128 valence electrons. The van der Waals surface area contributed by atoms with E-state index in [2.05, 4.69) is 47.4 Å². The summed E-state index contributed by atoms with van der Waals surface area (Å²) in [6, 6.07) is 14.9. The van der Waals surface area contributed by atoms with E-state index < -0.39 is 5.97 Å². The molecule has 1 saturated heterocycles. The van der Waals surface area contributed by atoms with E-state index in [1.807, 2.05) is 7.05 Å². The second-order valence-corrected chi connectivity index (χ2v) is 6.46. The zero-order valence-electron chi connectivity index (χ0n) is 14.0. The first-order valence-electron chi connectivity index (χ1n) is 8.33. The maximum atomic E-state index is 10.8. The van der Waals surface area contributed by atoms with E-state index in [0.717, 1.165) is 19.6 Å². The fourth-order valence-electron chi connectivity index (χ4n) is 3.35. The van der Waals surface area contributed by atoms with Gasteiger partial charge in [-0.25, -0.2) is 0 Å². The lowest BCUT2D eigenvalue weighted by Gasteiger charge is -2.34.